The van der Waals surface area contributed by atoms with Gasteiger partial charge in [0.2, 0.25) is 0 Å². The minimum atomic E-state index is -0.466. The van der Waals surface area contributed by atoms with Crippen LogP contribution in [-0.4, -0.2) is 6.04 Å². The second-order valence-electron chi connectivity index (χ2n) is 7.69. The first-order chi connectivity index (χ1) is 9.19. The zero-order valence-corrected chi connectivity index (χ0v) is 12.9. The SMILES string of the molecule is CC1(C)CC(NCc2c(F)cccc2F)CC(C)(C)C1. The Bertz CT molecular complexity index is 444. The van der Waals surface area contributed by atoms with Crippen LogP contribution in [-0.2, 0) is 6.54 Å². The molecule has 1 aliphatic rings. The molecule has 3 heteroatoms. The van der Waals surface area contributed by atoms with Gasteiger partial charge in [-0.25, -0.2) is 8.78 Å². The molecular formula is C17H25F2N. The van der Waals surface area contributed by atoms with Gasteiger partial charge in [0.15, 0.2) is 0 Å². The fourth-order valence-electron chi connectivity index (χ4n) is 3.94. The summed E-state index contributed by atoms with van der Waals surface area (Å²) in [5.74, 6) is -0.932. The van der Waals surface area contributed by atoms with Gasteiger partial charge in [-0.15, -0.1) is 0 Å². The standard InChI is InChI=1S/C17H25F2N/c1-16(2)8-12(9-17(3,4)11-16)20-10-13-14(18)6-5-7-15(13)19/h5-7,12,20H,8-11H2,1-4H3. The number of hydrogen-bond acceptors (Lipinski definition) is 1. The van der Waals surface area contributed by atoms with Crippen LogP contribution in [0.5, 0.6) is 0 Å². The van der Waals surface area contributed by atoms with Crippen LogP contribution in [0.15, 0.2) is 18.2 Å². The molecule has 0 radical (unpaired) electrons. The molecule has 0 spiro atoms. The van der Waals surface area contributed by atoms with Crippen molar-refractivity contribution in [2.24, 2.45) is 10.8 Å². The zero-order valence-electron chi connectivity index (χ0n) is 12.9. The van der Waals surface area contributed by atoms with Crippen molar-refractivity contribution in [3.8, 4) is 0 Å². The van der Waals surface area contributed by atoms with Gasteiger partial charge in [-0.2, -0.15) is 0 Å². The van der Waals surface area contributed by atoms with E-state index in [1.807, 2.05) is 0 Å². The number of rotatable bonds is 3. The second kappa shape index (κ2) is 5.44. The summed E-state index contributed by atoms with van der Waals surface area (Å²) in [6.07, 6.45) is 3.28. The summed E-state index contributed by atoms with van der Waals surface area (Å²) in [5.41, 5.74) is 0.689. The summed E-state index contributed by atoms with van der Waals surface area (Å²) in [7, 11) is 0. The van der Waals surface area contributed by atoms with E-state index in [9.17, 15) is 8.78 Å². The maximum Gasteiger partial charge on any atom is 0.130 e. The molecule has 20 heavy (non-hydrogen) atoms. The van der Waals surface area contributed by atoms with Crippen molar-refractivity contribution in [2.45, 2.75) is 59.5 Å². The third-order valence-corrected chi connectivity index (χ3v) is 4.18. The highest BCUT2D eigenvalue weighted by Gasteiger charge is 2.38. The molecule has 1 saturated carbocycles. The van der Waals surface area contributed by atoms with Crippen molar-refractivity contribution in [1.29, 1.82) is 0 Å². The van der Waals surface area contributed by atoms with E-state index in [0.29, 0.717) is 6.04 Å². The number of nitrogens with one attached hydrogen (secondary N) is 1. The van der Waals surface area contributed by atoms with Crippen LogP contribution in [0.3, 0.4) is 0 Å². The number of halogens is 2. The van der Waals surface area contributed by atoms with Crippen molar-refractivity contribution in [2.75, 3.05) is 0 Å². The van der Waals surface area contributed by atoms with Crippen LogP contribution >= 0.6 is 0 Å². The molecule has 1 N–H and O–H groups in total. The van der Waals surface area contributed by atoms with Crippen molar-refractivity contribution >= 4 is 0 Å². The summed E-state index contributed by atoms with van der Waals surface area (Å²) < 4.78 is 27.3. The lowest BCUT2D eigenvalue weighted by molar-refractivity contribution is 0.0842. The largest absolute Gasteiger partial charge is 0.310 e. The molecule has 0 heterocycles. The maximum atomic E-state index is 13.6. The Morgan fingerprint density at radius 2 is 1.55 bits per heavy atom. The minimum absolute atomic E-state index is 0.147. The molecular weight excluding hydrogens is 256 g/mol. The van der Waals surface area contributed by atoms with E-state index in [0.717, 1.165) is 12.8 Å². The molecule has 2 rings (SSSR count). The van der Waals surface area contributed by atoms with E-state index in [1.165, 1.54) is 24.6 Å². The Morgan fingerprint density at radius 3 is 2.05 bits per heavy atom. The van der Waals surface area contributed by atoms with Crippen LogP contribution in [0.1, 0.15) is 52.5 Å². The second-order valence-corrected chi connectivity index (χ2v) is 7.69. The zero-order chi connectivity index (χ0) is 15.0. The fraction of sp³-hybridized carbons (Fsp3) is 0.647. The Kier molecular flexibility index (Phi) is 4.19. The lowest BCUT2D eigenvalue weighted by Gasteiger charge is -2.45. The van der Waals surface area contributed by atoms with E-state index in [2.05, 4.69) is 33.0 Å². The van der Waals surface area contributed by atoms with Gasteiger partial charge in [-0.1, -0.05) is 33.8 Å². The van der Waals surface area contributed by atoms with Gasteiger partial charge in [0, 0.05) is 18.2 Å². The molecule has 0 aliphatic heterocycles. The van der Waals surface area contributed by atoms with Gasteiger partial charge in [-0.3, -0.25) is 0 Å². The van der Waals surface area contributed by atoms with Crippen molar-refractivity contribution in [1.82, 2.24) is 5.32 Å². The molecule has 0 amide bonds. The summed E-state index contributed by atoms with van der Waals surface area (Å²) in [4.78, 5) is 0. The Labute approximate surface area is 120 Å². The highest BCUT2D eigenvalue weighted by molar-refractivity contribution is 5.19. The lowest BCUT2D eigenvalue weighted by Crippen LogP contribution is -2.43. The monoisotopic (exact) mass is 281 g/mol. The van der Waals surface area contributed by atoms with E-state index in [4.69, 9.17) is 0 Å². The smallest absolute Gasteiger partial charge is 0.130 e. The van der Waals surface area contributed by atoms with Crippen molar-refractivity contribution < 1.29 is 8.78 Å². The third-order valence-electron chi connectivity index (χ3n) is 4.18. The van der Waals surface area contributed by atoms with Crippen LogP contribution < -0.4 is 5.32 Å². The van der Waals surface area contributed by atoms with E-state index >= 15 is 0 Å². The first-order valence-electron chi connectivity index (χ1n) is 7.35. The molecule has 1 aromatic rings. The van der Waals surface area contributed by atoms with Crippen LogP contribution in [0.4, 0.5) is 8.78 Å². The summed E-state index contributed by atoms with van der Waals surface area (Å²) in [6, 6.07) is 4.35. The van der Waals surface area contributed by atoms with Crippen LogP contribution in [0, 0.1) is 22.5 Å². The normalized spacial score (nSPS) is 21.9. The van der Waals surface area contributed by atoms with Crippen LogP contribution in [0.2, 0.25) is 0 Å². The molecule has 1 aromatic carbocycles. The third kappa shape index (κ3) is 3.78. The average Bonchev–Trinajstić information content (AvgIpc) is 2.23. The van der Waals surface area contributed by atoms with Crippen molar-refractivity contribution in [3.05, 3.63) is 35.4 Å². The maximum absolute atomic E-state index is 13.6. The van der Waals surface area contributed by atoms with E-state index < -0.39 is 11.6 Å². The summed E-state index contributed by atoms with van der Waals surface area (Å²) in [6.45, 7) is 9.34. The van der Waals surface area contributed by atoms with Gasteiger partial charge >= 0.3 is 0 Å². The van der Waals surface area contributed by atoms with Gasteiger partial charge in [-0.05, 0) is 42.2 Å². The Morgan fingerprint density at radius 1 is 1.05 bits per heavy atom. The van der Waals surface area contributed by atoms with Crippen LogP contribution in [0.25, 0.3) is 0 Å². The van der Waals surface area contributed by atoms with Gasteiger partial charge in [0.25, 0.3) is 0 Å². The number of benzene rings is 1. The molecule has 1 nitrogen and oxygen atoms in total. The Hall–Kier alpha value is -0.960. The molecule has 0 saturated heterocycles. The molecule has 0 bridgehead atoms. The summed E-state index contributed by atoms with van der Waals surface area (Å²) in [5, 5.41) is 3.35. The molecule has 1 fully saturated rings. The summed E-state index contributed by atoms with van der Waals surface area (Å²) >= 11 is 0. The first-order valence-corrected chi connectivity index (χ1v) is 7.35. The van der Waals surface area contributed by atoms with Gasteiger partial charge < -0.3 is 5.32 Å². The predicted molar refractivity (Wildman–Crippen MR) is 78.4 cm³/mol. The van der Waals surface area contributed by atoms with Gasteiger partial charge in [0.05, 0.1) is 0 Å². The fourth-order valence-corrected chi connectivity index (χ4v) is 3.94. The van der Waals surface area contributed by atoms with Crippen molar-refractivity contribution in [3.63, 3.8) is 0 Å². The quantitative estimate of drug-likeness (QED) is 0.849. The molecule has 0 atom stereocenters. The average molecular weight is 281 g/mol. The highest BCUT2D eigenvalue weighted by atomic mass is 19.1. The first kappa shape index (κ1) is 15.4. The van der Waals surface area contributed by atoms with E-state index in [-0.39, 0.29) is 22.9 Å². The lowest BCUT2D eigenvalue weighted by atomic mass is 9.63. The van der Waals surface area contributed by atoms with Gasteiger partial charge in [0.1, 0.15) is 11.6 Å². The highest BCUT2D eigenvalue weighted by Crippen LogP contribution is 2.45. The van der Waals surface area contributed by atoms with E-state index in [1.54, 1.807) is 0 Å². The topological polar surface area (TPSA) is 12.0 Å². The number of hydrogen-bond donors (Lipinski definition) is 1. The molecule has 0 unspecified atom stereocenters. The molecule has 112 valence electrons. The Balaban J connectivity index is 2.04. The molecule has 1 aliphatic carbocycles. The molecule has 0 aromatic heterocycles. The predicted octanol–water partition coefficient (Wildman–Crippen LogP) is 4.66. The minimum Gasteiger partial charge on any atom is -0.310 e.